The number of esters is 2. The van der Waals surface area contributed by atoms with Crippen LogP contribution in [0.25, 0.3) is 0 Å². The van der Waals surface area contributed by atoms with E-state index >= 15 is 0 Å². The third kappa shape index (κ3) is 6.38. The van der Waals surface area contributed by atoms with Crippen LogP contribution in [0.5, 0.6) is 0 Å². The molecule has 6 bridgehead atoms. The van der Waals surface area contributed by atoms with Crippen molar-refractivity contribution >= 4 is 81.6 Å². The van der Waals surface area contributed by atoms with Crippen molar-refractivity contribution in [3.8, 4) is 0 Å². The summed E-state index contributed by atoms with van der Waals surface area (Å²) in [6.07, 6.45) is -8.35. The number of nitrogens with zero attached hydrogens (tertiary/aromatic N) is 2. The summed E-state index contributed by atoms with van der Waals surface area (Å²) in [5.41, 5.74) is -4.72. The summed E-state index contributed by atoms with van der Waals surface area (Å²) in [5.74, 6) is -12.3. The molecule has 2 aromatic rings. The van der Waals surface area contributed by atoms with Gasteiger partial charge in [-0.3, -0.25) is 29.0 Å². The number of ether oxygens (including phenoxy) is 3. The topological polar surface area (TPSA) is 185 Å². The Morgan fingerprint density at radius 3 is 1.16 bits per heavy atom. The van der Waals surface area contributed by atoms with Gasteiger partial charge in [0.25, 0.3) is 0 Å². The zero-order valence-electron chi connectivity index (χ0n) is 35.4. The minimum Gasteiger partial charge on any atom is -0.467 e. The van der Waals surface area contributed by atoms with Crippen LogP contribution in [-0.2, 0) is 55.3 Å². The fraction of sp³-hybridized carbons (Fsp3) is 0.545. The van der Waals surface area contributed by atoms with Crippen molar-refractivity contribution < 1.29 is 69.3 Å². The van der Waals surface area contributed by atoms with Crippen molar-refractivity contribution in [2.75, 3.05) is 51.0 Å². The summed E-state index contributed by atoms with van der Waals surface area (Å²) < 4.78 is 96.0. The second-order valence-electron chi connectivity index (χ2n) is 18.6. The van der Waals surface area contributed by atoms with Crippen LogP contribution in [0.2, 0.25) is 0 Å². The number of alkyl halides is 6. The minimum atomic E-state index is -4.51. The van der Waals surface area contributed by atoms with Gasteiger partial charge in [0.05, 0.1) is 49.0 Å². The number of amides is 4. The first-order valence-electron chi connectivity index (χ1n) is 21.7. The third-order valence-electron chi connectivity index (χ3n) is 16.0. The Bertz CT molecular complexity index is 2270. The van der Waals surface area contributed by atoms with Crippen LogP contribution in [0.1, 0.15) is 24.0 Å². The van der Waals surface area contributed by atoms with Crippen molar-refractivity contribution in [2.24, 2.45) is 71.0 Å². The number of hydrogen-bond donors (Lipinski definition) is 4. The van der Waals surface area contributed by atoms with E-state index < -0.39 is 141 Å². The molecule has 0 spiro atoms. The van der Waals surface area contributed by atoms with E-state index in [4.69, 9.17) is 38.6 Å². The van der Waals surface area contributed by atoms with Gasteiger partial charge in [-0.2, -0.15) is 26.3 Å². The van der Waals surface area contributed by atoms with Crippen LogP contribution in [0.4, 0.5) is 37.7 Å². The van der Waals surface area contributed by atoms with Gasteiger partial charge in [-0.1, -0.05) is 0 Å². The van der Waals surface area contributed by atoms with Crippen molar-refractivity contribution in [3.05, 3.63) is 59.7 Å². The summed E-state index contributed by atoms with van der Waals surface area (Å²) in [6.45, 7) is -0.202. The number of likely N-dealkylation sites (tertiary alicyclic amines) is 2. The number of thiocarbonyl (C=S) groups is 2. The summed E-state index contributed by atoms with van der Waals surface area (Å²) in [5, 5.41) is 11.4. The number of methoxy groups -OCH3 is 2. The molecule has 8 aliphatic rings. The molecule has 356 valence electrons. The molecule has 4 amide bonds. The van der Waals surface area contributed by atoms with Gasteiger partial charge in [0.1, 0.15) is 0 Å². The molecule has 10 rings (SSSR count). The van der Waals surface area contributed by atoms with Crippen LogP contribution in [0.15, 0.2) is 48.5 Å². The van der Waals surface area contributed by atoms with E-state index in [-0.39, 0.29) is 47.8 Å². The zero-order chi connectivity index (χ0) is 47.9. The Hall–Kier alpha value is -5.42. The molecule has 4 aliphatic carbocycles. The Labute approximate surface area is 388 Å². The van der Waals surface area contributed by atoms with Gasteiger partial charge in [-0.05, 0) is 109 Å². The highest BCUT2D eigenvalue weighted by Gasteiger charge is 2.93. The van der Waals surface area contributed by atoms with Gasteiger partial charge in [0, 0.05) is 61.2 Å². The molecule has 8 fully saturated rings. The second kappa shape index (κ2) is 15.6. The number of imide groups is 2. The monoisotopic (exact) mass is 976 g/mol. The lowest BCUT2D eigenvalue weighted by atomic mass is 9.47. The standard InChI is InChI=1S/C44H42F6N6O9S2/c1-63-37(61)41-29-21-15-23(27-25(21)33(57)55(35(27)59)13-11-51-39(66)53-19-7-3-17(4-8-19)43(45,46)47)31(29)42(65-41,38(62)64-2)32-24-16-22(30(32)41)26-28(24)36(60)56(34(26)58)14-12-52-40(67)54-20-9-5-18(6-10-20)44(48,49)50/h3-10,21-32H,11-16H2,1-2H3,(H2,51,53,66)(H2,52,54,67)/t21-,22+,23+,24-,25-,26+,27+,28-,29?,30?,31?,32?,41?,42?. The summed E-state index contributed by atoms with van der Waals surface area (Å²) >= 11 is 10.6. The second-order valence-corrected chi connectivity index (χ2v) is 19.4. The van der Waals surface area contributed by atoms with Gasteiger partial charge in [0.15, 0.2) is 21.4 Å². The van der Waals surface area contributed by atoms with Crippen molar-refractivity contribution in [3.63, 3.8) is 0 Å². The first kappa shape index (κ1) is 45.4. The Morgan fingerprint density at radius 1 is 0.597 bits per heavy atom. The lowest BCUT2D eigenvalue weighted by molar-refractivity contribution is -0.188. The zero-order valence-corrected chi connectivity index (χ0v) is 37.1. The first-order valence-corrected chi connectivity index (χ1v) is 22.5. The number of benzene rings is 2. The SMILES string of the molecule is COC(=O)C12OC(C(=O)OC)(C3C1[C@@H]1C[C@H]3[C@@H]3C(=O)N(CCNC(=S)Nc4ccc(C(F)(F)F)cc4)C(=O)[C@@H]31)C1C2[C@H]2C[C@@H]1[C@H]1C(=O)N(CCNC(=S)Nc3ccc(C(F)(F)F)cc3)C(=O)[C@H]12. The fourth-order valence-corrected chi connectivity index (χ4v) is 14.7. The molecule has 4 aliphatic heterocycles. The van der Waals surface area contributed by atoms with E-state index in [0.29, 0.717) is 12.8 Å². The number of hydrogen-bond acceptors (Lipinski definition) is 11. The lowest BCUT2D eigenvalue weighted by Crippen LogP contribution is -2.64. The highest BCUT2D eigenvalue weighted by atomic mass is 32.1. The lowest BCUT2D eigenvalue weighted by Gasteiger charge is -2.51. The molecule has 15 nitrogen and oxygen atoms in total. The Morgan fingerprint density at radius 2 is 0.896 bits per heavy atom. The number of fused-ring (bicyclic) bond motifs is 22. The molecular formula is C44H42F6N6O9S2. The van der Waals surface area contributed by atoms with E-state index in [1.807, 2.05) is 0 Å². The molecule has 23 heteroatoms. The molecule has 2 aromatic carbocycles. The van der Waals surface area contributed by atoms with Gasteiger partial charge in [-0.15, -0.1) is 0 Å². The summed E-state index contributed by atoms with van der Waals surface area (Å²) in [6, 6.07) is 8.44. The van der Waals surface area contributed by atoms with E-state index in [0.717, 1.165) is 34.1 Å². The van der Waals surface area contributed by atoms with E-state index in [1.165, 1.54) is 38.5 Å². The molecule has 4 heterocycles. The molecule has 4 saturated heterocycles. The van der Waals surface area contributed by atoms with Gasteiger partial charge in [-0.25, -0.2) is 9.59 Å². The molecule has 4 saturated carbocycles. The average Bonchev–Trinajstić information content (AvgIpc) is 4.16. The van der Waals surface area contributed by atoms with E-state index in [2.05, 4.69) is 21.3 Å². The van der Waals surface area contributed by atoms with Crippen LogP contribution < -0.4 is 21.3 Å². The number of carbonyl (C=O) groups is 6. The van der Waals surface area contributed by atoms with E-state index in [1.54, 1.807) is 0 Å². The molecular weight excluding hydrogens is 935 g/mol. The number of nitrogens with one attached hydrogen (secondary N) is 4. The Kier molecular flexibility index (Phi) is 10.5. The van der Waals surface area contributed by atoms with Crippen molar-refractivity contribution in [1.29, 1.82) is 0 Å². The third-order valence-corrected chi connectivity index (χ3v) is 16.5. The molecule has 0 aromatic heterocycles. The first-order chi connectivity index (χ1) is 31.7. The van der Waals surface area contributed by atoms with E-state index in [9.17, 15) is 55.1 Å². The smallest absolute Gasteiger partial charge is 0.416 e. The number of halogens is 6. The maximum absolute atomic E-state index is 14.5. The summed E-state index contributed by atoms with van der Waals surface area (Å²) in [4.78, 5) is 88.5. The molecule has 14 atom stereocenters. The van der Waals surface area contributed by atoms with Crippen LogP contribution in [0, 0.1) is 71.0 Å². The quantitative estimate of drug-likeness (QED) is 0.117. The normalized spacial score (nSPS) is 35.9. The minimum absolute atomic E-state index is 0.00457. The number of rotatable bonds is 10. The van der Waals surface area contributed by atoms with Gasteiger partial charge in [0.2, 0.25) is 23.6 Å². The fourth-order valence-electron chi connectivity index (χ4n) is 14.2. The van der Waals surface area contributed by atoms with Crippen LogP contribution >= 0.6 is 24.4 Å². The predicted molar refractivity (Wildman–Crippen MR) is 226 cm³/mol. The van der Waals surface area contributed by atoms with Crippen LogP contribution in [0.3, 0.4) is 0 Å². The maximum atomic E-state index is 14.5. The molecule has 67 heavy (non-hydrogen) atoms. The van der Waals surface area contributed by atoms with Gasteiger partial charge >= 0.3 is 24.3 Å². The maximum Gasteiger partial charge on any atom is 0.416 e. The van der Waals surface area contributed by atoms with Crippen molar-refractivity contribution in [1.82, 2.24) is 20.4 Å². The van der Waals surface area contributed by atoms with Crippen molar-refractivity contribution in [2.45, 2.75) is 36.4 Å². The Balaban J connectivity index is 0.858. The highest BCUT2D eigenvalue weighted by molar-refractivity contribution is 7.80. The molecule has 6 unspecified atom stereocenters. The summed E-state index contributed by atoms with van der Waals surface area (Å²) in [7, 11) is 2.39. The predicted octanol–water partition coefficient (Wildman–Crippen LogP) is 3.83. The van der Waals surface area contributed by atoms with Gasteiger partial charge < -0.3 is 35.5 Å². The molecule has 4 N–H and O–H groups in total. The molecule has 0 radical (unpaired) electrons. The average molecular weight is 977 g/mol. The largest absolute Gasteiger partial charge is 0.467 e. The highest BCUT2D eigenvalue weighted by Crippen LogP contribution is 2.83. The number of carbonyl (C=O) groups excluding carboxylic acids is 6. The number of anilines is 2. The van der Waals surface area contributed by atoms with Crippen LogP contribution in [-0.4, -0.2) is 107 Å².